The largest absolute Gasteiger partial charge is 0.497 e. The lowest BCUT2D eigenvalue weighted by Crippen LogP contribution is -2.47. The average Bonchev–Trinajstić information content (AvgIpc) is 2.35. The summed E-state index contributed by atoms with van der Waals surface area (Å²) in [6.07, 6.45) is 2.40. The summed E-state index contributed by atoms with van der Waals surface area (Å²) in [4.78, 5) is 0. The molecule has 2 N–H and O–H groups in total. The first kappa shape index (κ1) is 9.97. The molecule has 2 atom stereocenters. The molecule has 2 aliphatic rings. The van der Waals surface area contributed by atoms with Gasteiger partial charge in [-0.3, -0.25) is 0 Å². The van der Waals surface area contributed by atoms with Gasteiger partial charge in [-0.05, 0) is 49.1 Å². The minimum absolute atomic E-state index is 0.655. The number of ether oxygens (including phenoxy) is 1. The van der Waals surface area contributed by atoms with Crippen LogP contribution in [0.25, 0.3) is 0 Å². The van der Waals surface area contributed by atoms with Crippen molar-refractivity contribution in [3.63, 3.8) is 0 Å². The van der Waals surface area contributed by atoms with Crippen molar-refractivity contribution >= 4 is 5.69 Å². The Kier molecular flexibility index (Phi) is 2.48. The van der Waals surface area contributed by atoms with E-state index in [0.717, 1.165) is 31.2 Å². The Morgan fingerprint density at radius 2 is 2.31 bits per heavy atom. The molecule has 16 heavy (non-hydrogen) atoms. The summed E-state index contributed by atoms with van der Waals surface area (Å²) in [6.45, 7) is 2.27. The third-order valence-corrected chi connectivity index (χ3v) is 3.74. The van der Waals surface area contributed by atoms with Crippen molar-refractivity contribution in [2.75, 3.05) is 25.5 Å². The van der Waals surface area contributed by atoms with E-state index in [2.05, 4.69) is 22.8 Å². The fraction of sp³-hybridized carbons (Fsp3) is 0.538. The van der Waals surface area contributed by atoms with Gasteiger partial charge in [-0.25, -0.2) is 0 Å². The van der Waals surface area contributed by atoms with E-state index in [9.17, 15) is 0 Å². The van der Waals surface area contributed by atoms with Crippen LogP contribution < -0.4 is 15.4 Å². The standard InChI is InChI=1S/C13H18N2O/c1-16-11-2-3-12-9(7-11)6-10-8-14-5-4-13(10)15-12/h2-3,7,10,13-15H,4-6,8H2,1H3. The monoisotopic (exact) mass is 218 g/mol. The third-order valence-electron chi connectivity index (χ3n) is 3.74. The van der Waals surface area contributed by atoms with Crippen molar-refractivity contribution in [2.24, 2.45) is 5.92 Å². The number of hydrogen-bond donors (Lipinski definition) is 2. The van der Waals surface area contributed by atoms with Crippen molar-refractivity contribution in [1.29, 1.82) is 0 Å². The number of methoxy groups -OCH3 is 1. The zero-order valence-electron chi connectivity index (χ0n) is 9.62. The van der Waals surface area contributed by atoms with Crippen LogP contribution in [0.2, 0.25) is 0 Å². The maximum Gasteiger partial charge on any atom is 0.119 e. The molecule has 3 heteroatoms. The maximum atomic E-state index is 5.27. The van der Waals surface area contributed by atoms with Crippen LogP contribution in [0.3, 0.4) is 0 Å². The highest BCUT2D eigenvalue weighted by Crippen LogP contribution is 2.33. The molecule has 86 valence electrons. The van der Waals surface area contributed by atoms with Crippen molar-refractivity contribution in [3.05, 3.63) is 23.8 Å². The molecule has 2 heterocycles. The lowest BCUT2D eigenvalue weighted by molar-refractivity contribution is 0.332. The van der Waals surface area contributed by atoms with Crippen LogP contribution in [0, 0.1) is 5.92 Å². The molecule has 0 spiro atoms. The molecule has 2 aliphatic heterocycles. The van der Waals surface area contributed by atoms with E-state index < -0.39 is 0 Å². The van der Waals surface area contributed by atoms with Crippen molar-refractivity contribution in [2.45, 2.75) is 18.9 Å². The molecule has 0 radical (unpaired) electrons. The van der Waals surface area contributed by atoms with Gasteiger partial charge in [-0.15, -0.1) is 0 Å². The van der Waals surface area contributed by atoms with E-state index in [4.69, 9.17) is 4.74 Å². The number of nitrogens with one attached hydrogen (secondary N) is 2. The van der Waals surface area contributed by atoms with E-state index in [1.54, 1.807) is 7.11 Å². The molecular formula is C13H18N2O. The van der Waals surface area contributed by atoms with Crippen LogP contribution in [-0.4, -0.2) is 26.2 Å². The maximum absolute atomic E-state index is 5.27. The van der Waals surface area contributed by atoms with Gasteiger partial charge in [0.15, 0.2) is 0 Å². The van der Waals surface area contributed by atoms with Crippen LogP contribution in [-0.2, 0) is 6.42 Å². The number of fused-ring (bicyclic) bond motifs is 2. The summed E-state index contributed by atoms with van der Waals surface area (Å²) in [5.41, 5.74) is 2.69. The van der Waals surface area contributed by atoms with Crippen molar-refractivity contribution in [3.8, 4) is 5.75 Å². The van der Waals surface area contributed by atoms with Crippen LogP contribution in [0.15, 0.2) is 18.2 Å². The van der Waals surface area contributed by atoms with Gasteiger partial charge in [0.1, 0.15) is 5.75 Å². The Balaban J connectivity index is 1.89. The zero-order chi connectivity index (χ0) is 11.0. The van der Waals surface area contributed by atoms with Crippen LogP contribution in [0.1, 0.15) is 12.0 Å². The molecular weight excluding hydrogens is 200 g/mol. The summed E-state index contributed by atoms with van der Waals surface area (Å²) < 4.78 is 5.27. The first-order valence-electron chi connectivity index (χ1n) is 6.01. The second-order valence-electron chi connectivity index (χ2n) is 4.73. The first-order chi connectivity index (χ1) is 7.86. The Morgan fingerprint density at radius 1 is 1.38 bits per heavy atom. The molecule has 1 aromatic rings. The van der Waals surface area contributed by atoms with Gasteiger partial charge < -0.3 is 15.4 Å². The SMILES string of the molecule is COc1ccc2c(c1)CC1CNCCC1N2. The summed E-state index contributed by atoms with van der Waals surface area (Å²) >= 11 is 0. The Morgan fingerprint density at radius 3 is 3.19 bits per heavy atom. The Labute approximate surface area is 96.2 Å². The van der Waals surface area contributed by atoms with Crippen molar-refractivity contribution in [1.82, 2.24) is 5.32 Å². The van der Waals surface area contributed by atoms with Gasteiger partial charge in [-0.2, -0.15) is 0 Å². The summed E-state index contributed by atoms with van der Waals surface area (Å²) in [7, 11) is 1.73. The van der Waals surface area contributed by atoms with Crippen LogP contribution in [0.4, 0.5) is 5.69 Å². The van der Waals surface area contributed by atoms with Gasteiger partial charge >= 0.3 is 0 Å². The smallest absolute Gasteiger partial charge is 0.119 e. The fourth-order valence-corrected chi connectivity index (χ4v) is 2.82. The number of piperidine rings is 1. The lowest BCUT2D eigenvalue weighted by atomic mass is 9.83. The molecule has 1 aromatic carbocycles. The second kappa shape index (κ2) is 3.98. The quantitative estimate of drug-likeness (QED) is 0.752. The van der Waals surface area contributed by atoms with Crippen LogP contribution in [0.5, 0.6) is 5.75 Å². The highest BCUT2D eigenvalue weighted by atomic mass is 16.5. The van der Waals surface area contributed by atoms with E-state index in [1.807, 2.05) is 6.07 Å². The summed E-state index contributed by atoms with van der Waals surface area (Å²) in [5, 5.41) is 7.13. The summed E-state index contributed by atoms with van der Waals surface area (Å²) in [6, 6.07) is 6.99. The Bertz CT molecular complexity index is 392. The third kappa shape index (κ3) is 1.65. The normalized spacial score (nSPS) is 27.6. The molecule has 1 saturated heterocycles. The zero-order valence-corrected chi connectivity index (χ0v) is 9.62. The highest BCUT2D eigenvalue weighted by Gasteiger charge is 2.29. The minimum atomic E-state index is 0.655. The number of anilines is 1. The molecule has 0 aromatic heterocycles. The highest BCUT2D eigenvalue weighted by molar-refractivity contribution is 5.57. The molecule has 0 saturated carbocycles. The van der Waals surface area contributed by atoms with Crippen molar-refractivity contribution < 1.29 is 4.74 Å². The molecule has 0 bridgehead atoms. The van der Waals surface area contributed by atoms with Gasteiger partial charge in [0, 0.05) is 18.3 Å². The predicted octanol–water partition coefficient (Wildman–Crippen LogP) is 1.64. The molecule has 3 rings (SSSR count). The predicted molar refractivity (Wildman–Crippen MR) is 65.1 cm³/mol. The Hall–Kier alpha value is -1.22. The van der Waals surface area contributed by atoms with Crippen LogP contribution >= 0.6 is 0 Å². The molecule has 2 unspecified atom stereocenters. The van der Waals surface area contributed by atoms with Gasteiger partial charge in [0.25, 0.3) is 0 Å². The molecule has 0 amide bonds. The molecule has 3 nitrogen and oxygen atoms in total. The average molecular weight is 218 g/mol. The number of hydrogen-bond acceptors (Lipinski definition) is 3. The van der Waals surface area contributed by atoms with Gasteiger partial charge in [0.2, 0.25) is 0 Å². The van der Waals surface area contributed by atoms with Gasteiger partial charge in [0.05, 0.1) is 7.11 Å². The number of rotatable bonds is 1. The minimum Gasteiger partial charge on any atom is -0.497 e. The van der Waals surface area contributed by atoms with E-state index in [-0.39, 0.29) is 0 Å². The first-order valence-corrected chi connectivity index (χ1v) is 6.01. The van der Waals surface area contributed by atoms with E-state index in [1.165, 1.54) is 17.7 Å². The van der Waals surface area contributed by atoms with Gasteiger partial charge in [-0.1, -0.05) is 0 Å². The fourth-order valence-electron chi connectivity index (χ4n) is 2.82. The lowest BCUT2D eigenvalue weighted by Gasteiger charge is -2.38. The van der Waals surface area contributed by atoms with E-state index in [0.29, 0.717) is 6.04 Å². The molecule has 0 aliphatic carbocycles. The topological polar surface area (TPSA) is 33.3 Å². The van der Waals surface area contributed by atoms with E-state index >= 15 is 0 Å². The molecule has 1 fully saturated rings. The number of benzene rings is 1. The second-order valence-corrected chi connectivity index (χ2v) is 4.73. The summed E-state index contributed by atoms with van der Waals surface area (Å²) in [5.74, 6) is 1.69.